The predicted molar refractivity (Wildman–Crippen MR) is 69.2 cm³/mol. The van der Waals surface area contributed by atoms with Crippen molar-refractivity contribution >= 4 is 11.5 Å². The first-order valence-electron chi connectivity index (χ1n) is 6.52. The fourth-order valence-electron chi connectivity index (χ4n) is 2.22. The molecule has 1 aliphatic rings. The van der Waals surface area contributed by atoms with E-state index in [1.165, 1.54) is 24.4 Å². The predicted octanol–water partition coefficient (Wildman–Crippen LogP) is 2.54. The summed E-state index contributed by atoms with van der Waals surface area (Å²) >= 11 is 1.43. The molecule has 0 spiro atoms. The van der Waals surface area contributed by atoms with E-state index in [-0.39, 0.29) is 0 Å². The van der Waals surface area contributed by atoms with Crippen LogP contribution >= 0.6 is 11.5 Å². The summed E-state index contributed by atoms with van der Waals surface area (Å²) in [6.07, 6.45) is 6.27. The molecule has 1 aliphatic heterocycles. The normalized spacial score (nSPS) is 21.8. The molecule has 0 amide bonds. The van der Waals surface area contributed by atoms with E-state index in [2.05, 4.69) is 21.8 Å². The maximum absolute atomic E-state index is 5.66. The Morgan fingerprint density at radius 3 is 3.24 bits per heavy atom. The molecular weight excluding hydrogens is 234 g/mol. The lowest BCUT2D eigenvalue weighted by Gasteiger charge is -2.18. The second kappa shape index (κ2) is 7.03. The van der Waals surface area contributed by atoms with Gasteiger partial charge in [0.25, 0.3) is 0 Å². The van der Waals surface area contributed by atoms with Crippen LogP contribution in [0.1, 0.15) is 50.8 Å². The van der Waals surface area contributed by atoms with Gasteiger partial charge in [-0.15, -0.1) is 5.10 Å². The van der Waals surface area contributed by atoms with Crippen LogP contribution in [0.3, 0.4) is 0 Å². The molecule has 2 rings (SSSR count). The molecule has 0 radical (unpaired) electrons. The topological polar surface area (TPSA) is 47.0 Å². The zero-order valence-corrected chi connectivity index (χ0v) is 11.2. The van der Waals surface area contributed by atoms with Crippen LogP contribution in [0.25, 0.3) is 0 Å². The van der Waals surface area contributed by atoms with E-state index in [9.17, 15) is 0 Å². The molecule has 0 bridgehead atoms. The van der Waals surface area contributed by atoms with Crippen molar-refractivity contribution in [2.24, 2.45) is 0 Å². The van der Waals surface area contributed by atoms with E-state index in [0.29, 0.717) is 12.1 Å². The van der Waals surface area contributed by atoms with Crippen LogP contribution in [0.4, 0.5) is 0 Å². The molecule has 0 aromatic carbocycles. The van der Waals surface area contributed by atoms with Gasteiger partial charge >= 0.3 is 0 Å². The van der Waals surface area contributed by atoms with Crippen molar-refractivity contribution in [3.63, 3.8) is 0 Å². The molecule has 1 aromatic heterocycles. The maximum Gasteiger partial charge on any atom is 0.0924 e. The monoisotopic (exact) mass is 255 g/mol. The fraction of sp³-hybridized carbons (Fsp3) is 0.833. The van der Waals surface area contributed by atoms with E-state index in [1.807, 2.05) is 5.38 Å². The van der Waals surface area contributed by atoms with Crippen LogP contribution < -0.4 is 5.32 Å². The molecule has 2 heterocycles. The Hall–Kier alpha value is -0.520. The van der Waals surface area contributed by atoms with Gasteiger partial charge in [-0.2, -0.15) is 0 Å². The van der Waals surface area contributed by atoms with Gasteiger partial charge in [0.05, 0.1) is 17.8 Å². The van der Waals surface area contributed by atoms with Crippen molar-refractivity contribution in [1.29, 1.82) is 0 Å². The molecule has 2 atom stereocenters. The number of hydrogen-bond donors (Lipinski definition) is 1. The summed E-state index contributed by atoms with van der Waals surface area (Å²) in [5.41, 5.74) is 1.08. The molecule has 2 unspecified atom stereocenters. The van der Waals surface area contributed by atoms with Crippen molar-refractivity contribution < 1.29 is 4.74 Å². The summed E-state index contributed by atoms with van der Waals surface area (Å²) in [6, 6.07) is 0.345. The highest BCUT2D eigenvalue weighted by Crippen LogP contribution is 2.23. The molecule has 1 fully saturated rings. The van der Waals surface area contributed by atoms with Crippen LogP contribution in [-0.2, 0) is 4.74 Å². The Kier molecular flexibility index (Phi) is 5.35. The number of nitrogens with one attached hydrogen (secondary N) is 1. The molecule has 17 heavy (non-hydrogen) atoms. The van der Waals surface area contributed by atoms with Gasteiger partial charge < -0.3 is 10.1 Å². The zero-order valence-electron chi connectivity index (χ0n) is 10.4. The van der Waals surface area contributed by atoms with Crippen molar-refractivity contribution in [2.75, 3.05) is 13.2 Å². The summed E-state index contributed by atoms with van der Waals surface area (Å²) in [6.45, 7) is 4.16. The first kappa shape index (κ1) is 12.9. The zero-order chi connectivity index (χ0) is 11.9. The van der Waals surface area contributed by atoms with Crippen LogP contribution in [0.15, 0.2) is 5.38 Å². The van der Waals surface area contributed by atoms with E-state index in [4.69, 9.17) is 4.74 Å². The standard InChI is InChI=1S/C12H21N3OS/c1-2-7-13-11(12-9-17-15-14-12)6-5-10-4-3-8-16-10/h9-11,13H,2-8H2,1H3. The van der Waals surface area contributed by atoms with Crippen LogP contribution in [0, 0.1) is 0 Å². The highest BCUT2D eigenvalue weighted by Gasteiger charge is 2.19. The third-order valence-electron chi connectivity index (χ3n) is 3.18. The summed E-state index contributed by atoms with van der Waals surface area (Å²) in [4.78, 5) is 0. The summed E-state index contributed by atoms with van der Waals surface area (Å²) in [5.74, 6) is 0. The second-order valence-corrected chi connectivity index (χ2v) is 5.16. The Morgan fingerprint density at radius 1 is 1.65 bits per heavy atom. The quantitative estimate of drug-likeness (QED) is 0.813. The first-order valence-corrected chi connectivity index (χ1v) is 7.35. The van der Waals surface area contributed by atoms with Gasteiger partial charge in [-0.25, -0.2) is 0 Å². The van der Waals surface area contributed by atoms with Gasteiger partial charge in [-0.05, 0) is 50.2 Å². The lowest BCUT2D eigenvalue weighted by atomic mass is 10.0. The average Bonchev–Trinajstić information content (AvgIpc) is 3.01. The summed E-state index contributed by atoms with van der Waals surface area (Å²) in [7, 11) is 0. The summed E-state index contributed by atoms with van der Waals surface area (Å²) in [5, 5.41) is 9.77. The largest absolute Gasteiger partial charge is 0.378 e. The number of ether oxygens (including phenoxy) is 1. The molecule has 1 aromatic rings. The third kappa shape index (κ3) is 4.01. The minimum absolute atomic E-state index is 0.345. The summed E-state index contributed by atoms with van der Waals surface area (Å²) < 4.78 is 9.62. The Morgan fingerprint density at radius 2 is 2.59 bits per heavy atom. The van der Waals surface area contributed by atoms with Crippen LogP contribution in [0.2, 0.25) is 0 Å². The average molecular weight is 255 g/mol. The molecule has 5 heteroatoms. The minimum Gasteiger partial charge on any atom is -0.378 e. The Labute approximate surface area is 107 Å². The van der Waals surface area contributed by atoms with E-state index >= 15 is 0 Å². The Balaban J connectivity index is 1.82. The van der Waals surface area contributed by atoms with Crippen molar-refractivity contribution in [1.82, 2.24) is 14.9 Å². The molecule has 0 aliphatic carbocycles. The highest BCUT2D eigenvalue weighted by molar-refractivity contribution is 7.03. The molecule has 4 nitrogen and oxygen atoms in total. The number of rotatable bonds is 7. The van der Waals surface area contributed by atoms with Crippen LogP contribution in [-0.4, -0.2) is 28.8 Å². The lowest BCUT2D eigenvalue weighted by Crippen LogP contribution is -2.23. The Bertz CT molecular complexity index is 299. The number of aromatic nitrogens is 2. The van der Waals surface area contributed by atoms with Gasteiger partial charge in [-0.3, -0.25) is 0 Å². The lowest BCUT2D eigenvalue weighted by molar-refractivity contribution is 0.0994. The first-order chi connectivity index (χ1) is 8.40. The molecule has 96 valence electrons. The van der Waals surface area contributed by atoms with Gasteiger partial charge in [0.15, 0.2) is 0 Å². The van der Waals surface area contributed by atoms with Gasteiger partial charge in [0.2, 0.25) is 0 Å². The minimum atomic E-state index is 0.345. The van der Waals surface area contributed by atoms with Crippen molar-refractivity contribution in [2.45, 2.75) is 51.2 Å². The molecular formula is C12H21N3OS. The van der Waals surface area contributed by atoms with Gasteiger partial charge in [-0.1, -0.05) is 11.4 Å². The number of nitrogens with zero attached hydrogens (tertiary/aromatic N) is 2. The second-order valence-electron chi connectivity index (χ2n) is 4.55. The molecule has 1 saturated heterocycles. The SMILES string of the molecule is CCCNC(CCC1CCCO1)c1csnn1. The van der Waals surface area contributed by atoms with Crippen molar-refractivity contribution in [3.05, 3.63) is 11.1 Å². The van der Waals surface area contributed by atoms with Gasteiger partial charge in [0.1, 0.15) is 0 Å². The molecule has 1 N–H and O–H groups in total. The van der Waals surface area contributed by atoms with Crippen molar-refractivity contribution in [3.8, 4) is 0 Å². The smallest absolute Gasteiger partial charge is 0.0924 e. The number of hydrogen-bond acceptors (Lipinski definition) is 5. The van der Waals surface area contributed by atoms with Gasteiger partial charge in [0, 0.05) is 12.0 Å². The maximum atomic E-state index is 5.66. The van der Waals surface area contributed by atoms with E-state index in [1.54, 1.807) is 0 Å². The third-order valence-corrected chi connectivity index (χ3v) is 3.70. The fourth-order valence-corrected chi connectivity index (χ4v) is 2.73. The van der Waals surface area contributed by atoms with Crippen LogP contribution in [0.5, 0.6) is 0 Å². The van der Waals surface area contributed by atoms with E-state index in [0.717, 1.165) is 38.1 Å². The molecule has 0 saturated carbocycles. The highest BCUT2D eigenvalue weighted by atomic mass is 32.1. The van der Waals surface area contributed by atoms with E-state index < -0.39 is 0 Å².